The minimum atomic E-state index is -0.241. The molecule has 0 atom stereocenters. The topological polar surface area (TPSA) is 17.0 Å². The Balaban J connectivity index is 2.19. The van der Waals surface area contributed by atoms with E-state index in [-0.39, 0.29) is 5.82 Å². The lowest BCUT2D eigenvalue weighted by Crippen LogP contribution is -2.03. The zero-order valence-corrected chi connectivity index (χ0v) is 12.3. The van der Waals surface area contributed by atoms with E-state index in [0.717, 1.165) is 4.47 Å². The Hall–Kier alpha value is -1.29. The average Bonchev–Trinajstić information content (AvgIpc) is 2.56. The third kappa shape index (κ3) is 2.43. The molecule has 0 spiro atoms. The zero-order valence-electron chi connectivity index (χ0n) is 10.7. The Labute approximate surface area is 115 Å². The fourth-order valence-electron chi connectivity index (χ4n) is 1.96. The Morgan fingerprint density at radius 2 is 2.06 bits per heavy atom. The van der Waals surface area contributed by atoms with Crippen molar-refractivity contribution in [2.45, 2.75) is 20.4 Å². The van der Waals surface area contributed by atoms with Crippen LogP contribution in [0.2, 0.25) is 0 Å². The van der Waals surface area contributed by atoms with E-state index in [9.17, 15) is 4.39 Å². The molecule has 1 heterocycles. The third-order valence-corrected chi connectivity index (χ3v) is 3.96. The van der Waals surface area contributed by atoms with Crippen LogP contribution < -0.4 is 5.32 Å². The third-order valence-electron chi connectivity index (χ3n) is 3.30. The Morgan fingerprint density at radius 3 is 2.61 bits per heavy atom. The van der Waals surface area contributed by atoms with Crippen molar-refractivity contribution in [1.82, 2.24) is 4.57 Å². The smallest absolute Gasteiger partial charge is 0.147 e. The van der Waals surface area contributed by atoms with Crippen LogP contribution in [0.25, 0.3) is 0 Å². The lowest BCUT2D eigenvalue weighted by Gasteiger charge is -2.09. The maximum atomic E-state index is 13.6. The molecule has 0 amide bonds. The molecule has 0 saturated heterocycles. The van der Waals surface area contributed by atoms with Crippen molar-refractivity contribution in [3.8, 4) is 0 Å². The SMILES string of the molecule is Cc1cc(CNc2c(F)cccc2Br)c(C)n1C. The summed E-state index contributed by atoms with van der Waals surface area (Å²) in [6.07, 6.45) is 0. The molecule has 0 aliphatic carbocycles. The quantitative estimate of drug-likeness (QED) is 0.901. The first-order chi connectivity index (χ1) is 8.50. The fourth-order valence-corrected chi connectivity index (χ4v) is 2.44. The maximum Gasteiger partial charge on any atom is 0.147 e. The molecule has 18 heavy (non-hydrogen) atoms. The highest BCUT2D eigenvalue weighted by atomic mass is 79.9. The Kier molecular flexibility index (Phi) is 3.76. The molecule has 96 valence electrons. The molecule has 0 unspecified atom stereocenters. The first kappa shape index (κ1) is 13.1. The number of aromatic nitrogens is 1. The Morgan fingerprint density at radius 1 is 1.33 bits per heavy atom. The van der Waals surface area contributed by atoms with Crippen molar-refractivity contribution in [3.05, 3.63) is 51.5 Å². The summed E-state index contributed by atoms with van der Waals surface area (Å²) in [7, 11) is 2.03. The number of hydrogen-bond acceptors (Lipinski definition) is 1. The predicted octanol–water partition coefficient (Wildman–Crippen LogP) is 4.16. The second kappa shape index (κ2) is 5.14. The van der Waals surface area contributed by atoms with Crippen LogP contribution in [0.3, 0.4) is 0 Å². The van der Waals surface area contributed by atoms with Gasteiger partial charge in [0.2, 0.25) is 0 Å². The molecule has 2 rings (SSSR count). The minimum absolute atomic E-state index is 0.241. The maximum absolute atomic E-state index is 13.6. The minimum Gasteiger partial charge on any atom is -0.378 e. The standard InChI is InChI=1S/C14H16BrFN2/c1-9-7-11(10(2)18(9)3)8-17-14-12(15)5-4-6-13(14)16/h4-7,17H,8H2,1-3H3. The summed E-state index contributed by atoms with van der Waals surface area (Å²) in [5, 5.41) is 3.14. The van der Waals surface area contributed by atoms with Gasteiger partial charge in [-0.05, 0) is 53.5 Å². The second-order valence-corrected chi connectivity index (χ2v) is 5.26. The Bertz CT molecular complexity index is 555. The van der Waals surface area contributed by atoms with Crippen molar-refractivity contribution >= 4 is 21.6 Å². The number of nitrogens with zero attached hydrogens (tertiary/aromatic N) is 1. The van der Waals surface area contributed by atoms with Crippen molar-refractivity contribution in [3.63, 3.8) is 0 Å². The molecule has 0 aliphatic heterocycles. The van der Waals surface area contributed by atoms with Crippen molar-refractivity contribution in [2.24, 2.45) is 7.05 Å². The molecule has 0 saturated carbocycles. The van der Waals surface area contributed by atoms with Crippen LogP contribution in [0, 0.1) is 19.7 Å². The van der Waals surface area contributed by atoms with Gasteiger partial charge >= 0.3 is 0 Å². The fraction of sp³-hybridized carbons (Fsp3) is 0.286. The van der Waals surface area contributed by atoms with Crippen LogP contribution >= 0.6 is 15.9 Å². The second-order valence-electron chi connectivity index (χ2n) is 4.41. The lowest BCUT2D eigenvalue weighted by molar-refractivity contribution is 0.629. The zero-order chi connectivity index (χ0) is 13.3. The van der Waals surface area contributed by atoms with Gasteiger partial charge in [0, 0.05) is 29.5 Å². The van der Waals surface area contributed by atoms with Gasteiger partial charge in [0.25, 0.3) is 0 Å². The molecule has 4 heteroatoms. The van der Waals surface area contributed by atoms with Crippen LogP contribution in [0.15, 0.2) is 28.7 Å². The van der Waals surface area contributed by atoms with E-state index in [4.69, 9.17) is 0 Å². The lowest BCUT2D eigenvalue weighted by atomic mass is 10.2. The summed E-state index contributed by atoms with van der Waals surface area (Å²) in [6, 6.07) is 7.09. The number of para-hydroxylation sites is 1. The highest BCUT2D eigenvalue weighted by Crippen LogP contribution is 2.26. The van der Waals surface area contributed by atoms with E-state index in [1.807, 2.05) is 13.1 Å². The van der Waals surface area contributed by atoms with E-state index in [1.165, 1.54) is 23.0 Å². The van der Waals surface area contributed by atoms with Gasteiger partial charge in [0.15, 0.2) is 0 Å². The number of anilines is 1. The van der Waals surface area contributed by atoms with Gasteiger partial charge in [0.1, 0.15) is 5.82 Å². The van der Waals surface area contributed by atoms with Gasteiger partial charge in [0.05, 0.1) is 5.69 Å². The van der Waals surface area contributed by atoms with E-state index < -0.39 is 0 Å². The summed E-state index contributed by atoms with van der Waals surface area (Å²) in [5.74, 6) is -0.241. The van der Waals surface area contributed by atoms with E-state index in [0.29, 0.717) is 12.2 Å². The molecule has 1 N–H and O–H groups in total. The van der Waals surface area contributed by atoms with Crippen molar-refractivity contribution < 1.29 is 4.39 Å². The van der Waals surface area contributed by atoms with Gasteiger partial charge < -0.3 is 9.88 Å². The number of nitrogens with one attached hydrogen (secondary N) is 1. The van der Waals surface area contributed by atoms with Crippen LogP contribution in [0.5, 0.6) is 0 Å². The molecular weight excluding hydrogens is 295 g/mol. The first-order valence-corrected chi connectivity index (χ1v) is 6.59. The number of benzene rings is 1. The number of hydrogen-bond donors (Lipinski definition) is 1. The molecule has 2 nitrogen and oxygen atoms in total. The summed E-state index contributed by atoms with van der Waals surface area (Å²) in [5.41, 5.74) is 4.10. The molecule has 0 aliphatic rings. The highest BCUT2D eigenvalue weighted by Gasteiger charge is 2.09. The summed E-state index contributed by atoms with van der Waals surface area (Å²) in [4.78, 5) is 0. The van der Waals surface area contributed by atoms with Gasteiger partial charge in [-0.15, -0.1) is 0 Å². The molecule has 0 fully saturated rings. The monoisotopic (exact) mass is 310 g/mol. The van der Waals surface area contributed by atoms with Gasteiger partial charge in [-0.1, -0.05) is 6.07 Å². The van der Waals surface area contributed by atoms with E-state index in [2.05, 4.69) is 45.7 Å². The number of rotatable bonds is 3. The first-order valence-electron chi connectivity index (χ1n) is 5.80. The van der Waals surface area contributed by atoms with Gasteiger partial charge in [-0.25, -0.2) is 4.39 Å². The van der Waals surface area contributed by atoms with Crippen molar-refractivity contribution in [2.75, 3.05) is 5.32 Å². The number of halogens is 2. The molecule has 0 radical (unpaired) electrons. The summed E-state index contributed by atoms with van der Waals surface area (Å²) >= 11 is 3.35. The summed E-state index contributed by atoms with van der Waals surface area (Å²) < 4.78 is 16.5. The van der Waals surface area contributed by atoms with Crippen LogP contribution in [-0.4, -0.2) is 4.57 Å². The molecule has 1 aromatic heterocycles. The van der Waals surface area contributed by atoms with Gasteiger partial charge in [-0.2, -0.15) is 0 Å². The van der Waals surface area contributed by atoms with Crippen LogP contribution in [-0.2, 0) is 13.6 Å². The molecular formula is C14H16BrFN2. The molecule has 0 bridgehead atoms. The molecule has 1 aromatic carbocycles. The normalized spacial score (nSPS) is 10.7. The number of aryl methyl sites for hydroxylation is 1. The average molecular weight is 311 g/mol. The summed E-state index contributed by atoms with van der Waals surface area (Å²) in [6.45, 7) is 4.75. The van der Waals surface area contributed by atoms with Crippen LogP contribution in [0.4, 0.5) is 10.1 Å². The predicted molar refractivity (Wildman–Crippen MR) is 76.3 cm³/mol. The highest BCUT2D eigenvalue weighted by molar-refractivity contribution is 9.10. The van der Waals surface area contributed by atoms with E-state index in [1.54, 1.807) is 6.07 Å². The molecule has 2 aromatic rings. The van der Waals surface area contributed by atoms with Crippen LogP contribution in [0.1, 0.15) is 17.0 Å². The van der Waals surface area contributed by atoms with E-state index >= 15 is 0 Å². The largest absolute Gasteiger partial charge is 0.378 e. The van der Waals surface area contributed by atoms with Crippen molar-refractivity contribution in [1.29, 1.82) is 0 Å². The van der Waals surface area contributed by atoms with Gasteiger partial charge in [-0.3, -0.25) is 0 Å².